The first kappa shape index (κ1) is 19.5. The van der Waals surface area contributed by atoms with Crippen molar-refractivity contribution in [1.82, 2.24) is 0 Å². The van der Waals surface area contributed by atoms with Crippen molar-refractivity contribution in [3.63, 3.8) is 0 Å². The van der Waals surface area contributed by atoms with E-state index in [1.54, 1.807) is 19.9 Å². The van der Waals surface area contributed by atoms with Crippen LogP contribution in [-0.4, -0.2) is 36.9 Å². The Labute approximate surface area is 164 Å². The molecular weight excluding hydrogens is 354 g/mol. The van der Waals surface area contributed by atoms with Crippen molar-refractivity contribution in [3.8, 4) is 11.1 Å². The van der Waals surface area contributed by atoms with Crippen LogP contribution in [0.25, 0.3) is 16.7 Å². The Morgan fingerprint density at radius 1 is 0.893 bits per heavy atom. The highest BCUT2D eigenvalue weighted by Gasteiger charge is 2.54. The predicted octanol–water partition coefficient (Wildman–Crippen LogP) is 3.99. The second kappa shape index (κ2) is 8.21. The molecule has 0 unspecified atom stereocenters. The van der Waals surface area contributed by atoms with E-state index in [2.05, 4.69) is 4.99 Å². The van der Waals surface area contributed by atoms with Gasteiger partial charge in [0.25, 0.3) is 5.54 Å². The van der Waals surface area contributed by atoms with E-state index in [-0.39, 0.29) is 13.2 Å². The number of ether oxygens (including phenoxy) is 2. The molecule has 0 spiro atoms. The molecule has 2 aromatic carbocycles. The maximum absolute atomic E-state index is 12.9. The van der Waals surface area contributed by atoms with Crippen LogP contribution in [0.4, 0.5) is 0 Å². The zero-order valence-corrected chi connectivity index (χ0v) is 16.3. The van der Waals surface area contributed by atoms with Crippen LogP contribution in [0.3, 0.4) is 0 Å². The lowest BCUT2D eigenvalue weighted by Gasteiger charge is -2.26. The summed E-state index contributed by atoms with van der Waals surface area (Å²) in [5, 5.41) is 0. The maximum atomic E-state index is 12.9. The summed E-state index contributed by atoms with van der Waals surface area (Å²) in [7, 11) is 0. The smallest absolute Gasteiger partial charge is 0.350 e. The second-order valence-electron chi connectivity index (χ2n) is 6.35. The van der Waals surface area contributed by atoms with Gasteiger partial charge in [0.2, 0.25) is 0 Å². The van der Waals surface area contributed by atoms with E-state index in [0.717, 1.165) is 22.3 Å². The average molecular weight is 377 g/mol. The van der Waals surface area contributed by atoms with E-state index < -0.39 is 17.5 Å². The third-order valence-corrected chi connectivity index (χ3v) is 4.75. The molecule has 3 rings (SSSR count). The van der Waals surface area contributed by atoms with Gasteiger partial charge in [0.05, 0.1) is 13.2 Å². The third kappa shape index (κ3) is 3.24. The van der Waals surface area contributed by atoms with Crippen molar-refractivity contribution < 1.29 is 19.1 Å². The fourth-order valence-electron chi connectivity index (χ4n) is 3.44. The minimum atomic E-state index is -1.83. The van der Waals surface area contributed by atoms with Gasteiger partial charge in [-0.3, -0.25) is 4.99 Å². The Morgan fingerprint density at radius 3 is 2.11 bits per heavy atom. The molecule has 1 aliphatic heterocycles. The van der Waals surface area contributed by atoms with Crippen molar-refractivity contribution >= 4 is 23.7 Å². The first-order valence-corrected chi connectivity index (χ1v) is 9.32. The number of carbonyl (C=O) groups excluding carboxylic acids is 2. The second-order valence-corrected chi connectivity index (χ2v) is 6.35. The fraction of sp³-hybridized carbons (Fsp3) is 0.261. The largest absolute Gasteiger partial charge is 0.463 e. The number of rotatable bonds is 6. The molecule has 0 bridgehead atoms. The molecule has 0 amide bonds. The van der Waals surface area contributed by atoms with E-state index in [1.165, 1.54) is 6.21 Å². The normalized spacial score (nSPS) is 14.5. The van der Waals surface area contributed by atoms with Gasteiger partial charge < -0.3 is 9.47 Å². The lowest BCUT2D eigenvalue weighted by molar-refractivity contribution is -0.160. The molecule has 144 valence electrons. The number of aliphatic imine (C=N–C) groups is 1. The van der Waals surface area contributed by atoms with Crippen LogP contribution >= 0.6 is 0 Å². The standard InChI is InChI=1S/C23H23NO4/c1-4-27-21(25)23(22(26)28-5-2)20(14-15-24-23)19-13-9-12-18(16(19)3)17-10-7-6-8-11-17/h6-15H,4-5H2,1-3H3. The Bertz CT molecular complexity index is 926. The molecule has 0 atom stereocenters. The summed E-state index contributed by atoms with van der Waals surface area (Å²) < 4.78 is 10.4. The highest BCUT2D eigenvalue weighted by atomic mass is 16.6. The lowest BCUT2D eigenvalue weighted by Crippen LogP contribution is -2.47. The summed E-state index contributed by atoms with van der Waals surface area (Å²) in [5.74, 6) is -1.45. The molecule has 1 aliphatic rings. The van der Waals surface area contributed by atoms with Gasteiger partial charge >= 0.3 is 11.9 Å². The molecule has 0 saturated carbocycles. The van der Waals surface area contributed by atoms with Crippen molar-refractivity contribution in [3.05, 3.63) is 65.7 Å². The topological polar surface area (TPSA) is 65.0 Å². The summed E-state index contributed by atoms with van der Waals surface area (Å²) >= 11 is 0. The van der Waals surface area contributed by atoms with Crippen LogP contribution < -0.4 is 0 Å². The highest BCUT2D eigenvalue weighted by Crippen LogP contribution is 2.40. The van der Waals surface area contributed by atoms with Crippen molar-refractivity contribution in [2.24, 2.45) is 4.99 Å². The number of hydrogen-bond donors (Lipinski definition) is 0. The van der Waals surface area contributed by atoms with Crippen LogP contribution in [0.15, 0.2) is 59.6 Å². The van der Waals surface area contributed by atoms with Crippen molar-refractivity contribution in [1.29, 1.82) is 0 Å². The number of carbonyl (C=O) groups is 2. The Kier molecular flexibility index (Phi) is 5.73. The number of esters is 2. The molecule has 5 nitrogen and oxygen atoms in total. The van der Waals surface area contributed by atoms with E-state index in [1.807, 2.05) is 55.5 Å². The van der Waals surface area contributed by atoms with Crippen LogP contribution in [0.1, 0.15) is 25.0 Å². The van der Waals surface area contributed by atoms with Gasteiger partial charge in [-0.2, -0.15) is 0 Å². The number of benzene rings is 2. The van der Waals surface area contributed by atoms with E-state index in [0.29, 0.717) is 5.57 Å². The summed E-state index contributed by atoms with van der Waals surface area (Å²) in [4.78, 5) is 30.0. The molecule has 0 aliphatic carbocycles. The molecule has 0 fully saturated rings. The number of nitrogens with zero attached hydrogens (tertiary/aromatic N) is 1. The number of allylic oxidation sites excluding steroid dienone is 1. The molecule has 0 saturated heterocycles. The van der Waals surface area contributed by atoms with Gasteiger partial charge in [-0.1, -0.05) is 48.5 Å². The zero-order chi connectivity index (χ0) is 20.1. The van der Waals surface area contributed by atoms with Crippen LogP contribution in [0, 0.1) is 6.92 Å². The zero-order valence-electron chi connectivity index (χ0n) is 16.3. The summed E-state index contributed by atoms with van der Waals surface area (Å²) in [6.45, 7) is 5.65. The summed E-state index contributed by atoms with van der Waals surface area (Å²) in [6, 6.07) is 15.8. The summed E-state index contributed by atoms with van der Waals surface area (Å²) in [6.07, 6.45) is 3.16. The van der Waals surface area contributed by atoms with Gasteiger partial charge in [0.1, 0.15) is 0 Å². The molecule has 28 heavy (non-hydrogen) atoms. The van der Waals surface area contributed by atoms with Crippen LogP contribution in [0.5, 0.6) is 0 Å². The molecule has 0 N–H and O–H groups in total. The van der Waals surface area contributed by atoms with Gasteiger partial charge in [0.15, 0.2) is 0 Å². The Balaban J connectivity index is 2.14. The first-order valence-electron chi connectivity index (χ1n) is 9.32. The minimum Gasteiger partial charge on any atom is -0.463 e. The minimum absolute atomic E-state index is 0.145. The van der Waals surface area contributed by atoms with E-state index in [4.69, 9.17) is 9.47 Å². The van der Waals surface area contributed by atoms with E-state index in [9.17, 15) is 9.59 Å². The van der Waals surface area contributed by atoms with Crippen molar-refractivity contribution in [2.75, 3.05) is 13.2 Å². The molecular formula is C23H23NO4. The van der Waals surface area contributed by atoms with Gasteiger partial charge in [-0.15, -0.1) is 0 Å². The Morgan fingerprint density at radius 2 is 1.50 bits per heavy atom. The number of hydrogen-bond acceptors (Lipinski definition) is 5. The lowest BCUT2D eigenvalue weighted by atomic mass is 9.82. The Hall–Kier alpha value is -3.21. The molecule has 0 radical (unpaired) electrons. The first-order chi connectivity index (χ1) is 13.6. The fourth-order valence-corrected chi connectivity index (χ4v) is 3.44. The quantitative estimate of drug-likeness (QED) is 0.564. The molecule has 1 heterocycles. The SMILES string of the molecule is CCOC(=O)C1(C(=O)OCC)N=CC=C1c1cccc(-c2ccccc2)c1C. The molecule has 5 heteroatoms. The summed E-state index contributed by atoms with van der Waals surface area (Å²) in [5.41, 5.74) is 2.43. The predicted molar refractivity (Wildman–Crippen MR) is 109 cm³/mol. The maximum Gasteiger partial charge on any atom is 0.350 e. The third-order valence-electron chi connectivity index (χ3n) is 4.75. The van der Waals surface area contributed by atoms with Crippen LogP contribution in [0.2, 0.25) is 0 Å². The van der Waals surface area contributed by atoms with Crippen molar-refractivity contribution in [2.45, 2.75) is 26.3 Å². The van der Waals surface area contributed by atoms with Gasteiger partial charge in [0, 0.05) is 11.8 Å². The van der Waals surface area contributed by atoms with Gasteiger partial charge in [-0.25, -0.2) is 9.59 Å². The molecule has 0 aromatic heterocycles. The van der Waals surface area contributed by atoms with Crippen LogP contribution in [-0.2, 0) is 19.1 Å². The molecule has 2 aromatic rings. The van der Waals surface area contributed by atoms with Gasteiger partial charge in [-0.05, 0) is 49.1 Å². The highest BCUT2D eigenvalue weighted by molar-refractivity contribution is 6.22. The van der Waals surface area contributed by atoms with E-state index >= 15 is 0 Å². The monoisotopic (exact) mass is 377 g/mol. The average Bonchev–Trinajstić information content (AvgIpc) is 3.15.